The quantitative estimate of drug-likeness (QED) is 0.628. The van der Waals surface area contributed by atoms with E-state index in [9.17, 15) is 22.4 Å². The van der Waals surface area contributed by atoms with Crippen LogP contribution >= 0.6 is 11.3 Å². The third-order valence-electron chi connectivity index (χ3n) is 6.52. The molecule has 3 heterocycles. The number of sulfone groups is 1. The molecule has 11 heteroatoms. The topological polar surface area (TPSA) is 107 Å². The fraction of sp³-hybridized carbons (Fsp3) is 0.591. The van der Waals surface area contributed by atoms with Gasteiger partial charge in [0.15, 0.2) is 20.1 Å². The molecule has 4 rings (SSSR count). The number of hydrogen-bond donors (Lipinski definition) is 1. The second-order valence-corrected chi connectivity index (χ2v) is 12.0. The normalized spacial score (nSPS) is 19.0. The van der Waals surface area contributed by atoms with Crippen LogP contribution in [0.15, 0.2) is 28.0 Å². The lowest BCUT2D eigenvalue weighted by Gasteiger charge is -2.25. The zero-order valence-electron chi connectivity index (χ0n) is 18.5. The maximum Gasteiger partial charge on any atom is 0.252 e. The lowest BCUT2D eigenvalue weighted by atomic mass is 9.97. The van der Waals surface area contributed by atoms with Crippen molar-refractivity contribution in [2.75, 3.05) is 18.5 Å². The first-order chi connectivity index (χ1) is 15.8. The molecule has 1 aliphatic heterocycles. The van der Waals surface area contributed by atoms with Crippen molar-refractivity contribution in [2.45, 2.75) is 68.1 Å². The highest BCUT2D eigenvalue weighted by molar-refractivity contribution is 7.92. The highest BCUT2D eigenvalue weighted by Crippen LogP contribution is 2.33. The van der Waals surface area contributed by atoms with E-state index in [0.29, 0.717) is 49.5 Å². The largest absolute Gasteiger partial charge is 0.381 e. The Balaban J connectivity index is 1.67. The number of pyridine rings is 1. The summed E-state index contributed by atoms with van der Waals surface area (Å²) in [6, 6.07) is 1.76. The van der Waals surface area contributed by atoms with E-state index in [1.54, 1.807) is 6.92 Å². The summed E-state index contributed by atoms with van der Waals surface area (Å²) in [4.78, 5) is 30.2. The molecule has 2 fully saturated rings. The Morgan fingerprint density at radius 1 is 1.27 bits per heavy atom. The molecule has 1 atom stereocenters. The van der Waals surface area contributed by atoms with Gasteiger partial charge in [-0.3, -0.25) is 9.59 Å². The van der Waals surface area contributed by atoms with Gasteiger partial charge in [0.1, 0.15) is 6.04 Å². The number of nitrogens with one attached hydrogen (secondary N) is 1. The molecular formula is C22H28FN3O5S2. The van der Waals surface area contributed by atoms with E-state index in [2.05, 4.69) is 10.3 Å². The van der Waals surface area contributed by atoms with Crippen molar-refractivity contribution in [3.05, 3.63) is 39.5 Å². The Morgan fingerprint density at radius 2 is 1.97 bits per heavy atom. The highest BCUT2D eigenvalue weighted by atomic mass is 32.2. The first-order valence-electron chi connectivity index (χ1n) is 11.2. The Bertz CT molecular complexity index is 1160. The van der Waals surface area contributed by atoms with Crippen molar-refractivity contribution >= 4 is 32.2 Å². The molecule has 2 aromatic rings. The molecule has 0 unspecified atom stereocenters. The summed E-state index contributed by atoms with van der Waals surface area (Å²) in [5.41, 5.74) is -0.138. The van der Waals surface area contributed by atoms with Gasteiger partial charge in [-0.25, -0.2) is 13.4 Å². The minimum Gasteiger partial charge on any atom is -0.381 e. The fourth-order valence-corrected chi connectivity index (χ4v) is 7.16. The zero-order valence-corrected chi connectivity index (χ0v) is 20.1. The average Bonchev–Trinajstić information content (AvgIpc) is 3.44. The number of nitrogens with zero attached hydrogens (tertiary/aromatic N) is 2. The third-order valence-corrected chi connectivity index (χ3v) is 9.47. The molecule has 1 saturated heterocycles. The van der Waals surface area contributed by atoms with Crippen molar-refractivity contribution in [1.82, 2.24) is 9.55 Å². The highest BCUT2D eigenvalue weighted by Gasteiger charge is 2.33. The van der Waals surface area contributed by atoms with Crippen molar-refractivity contribution < 1.29 is 22.3 Å². The molecule has 0 radical (unpaired) electrons. The number of carbonyl (C=O) groups is 1. The number of amides is 1. The maximum absolute atomic E-state index is 13.4. The van der Waals surface area contributed by atoms with E-state index in [1.807, 2.05) is 0 Å². The molecule has 1 N–H and O–H groups in total. The van der Waals surface area contributed by atoms with Crippen LogP contribution < -0.4 is 10.9 Å². The van der Waals surface area contributed by atoms with Crippen LogP contribution in [0.3, 0.4) is 0 Å². The second kappa shape index (κ2) is 10.0. The van der Waals surface area contributed by atoms with Crippen LogP contribution in [-0.4, -0.2) is 42.3 Å². The predicted molar refractivity (Wildman–Crippen MR) is 123 cm³/mol. The number of hydrogen-bond acceptors (Lipinski definition) is 7. The Hall–Kier alpha value is -2.11. The monoisotopic (exact) mass is 497 g/mol. The van der Waals surface area contributed by atoms with Crippen molar-refractivity contribution in [1.29, 1.82) is 0 Å². The molecule has 1 saturated carbocycles. The van der Waals surface area contributed by atoms with E-state index in [0.717, 1.165) is 37.9 Å². The number of halogens is 1. The SMILES string of the molecule is Cc1cc(S(=O)(=O)C2CCOCC2)cc(=O)n1[C@@H](CC1CCCC1)C(=O)Nc1ncc(F)s1. The van der Waals surface area contributed by atoms with Crippen LogP contribution in [0.25, 0.3) is 0 Å². The van der Waals surface area contributed by atoms with Crippen molar-refractivity contribution in [3.63, 3.8) is 0 Å². The molecule has 1 amide bonds. The van der Waals surface area contributed by atoms with Crippen LogP contribution in [0.2, 0.25) is 0 Å². The third kappa shape index (κ3) is 5.36. The van der Waals surface area contributed by atoms with E-state index in [-0.39, 0.29) is 15.9 Å². The van der Waals surface area contributed by atoms with Gasteiger partial charge in [-0.15, -0.1) is 0 Å². The molecular weight excluding hydrogens is 469 g/mol. The number of aromatic nitrogens is 2. The summed E-state index contributed by atoms with van der Waals surface area (Å²) in [7, 11) is -3.68. The average molecular weight is 498 g/mol. The van der Waals surface area contributed by atoms with Gasteiger partial charge >= 0.3 is 0 Å². The van der Waals surface area contributed by atoms with Crippen LogP contribution in [0.5, 0.6) is 0 Å². The Labute approximate surface area is 196 Å². The number of aryl methyl sites for hydroxylation is 1. The molecule has 180 valence electrons. The summed E-state index contributed by atoms with van der Waals surface area (Å²) in [6.07, 6.45) is 6.36. The Kier molecular flexibility index (Phi) is 7.30. The molecule has 33 heavy (non-hydrogen) atoms. The molecule has 8 nitrogen and oxygen atoms in total. The van der Waals surface area contributed by atoms with E-state index in [1.165, 1.54) is 10.6 Å². The molecule has 2 aromatic heterocycles. The number of thiazole rings is 1. The summed E-state index contributed by atoms with van der Waals surface area (Å²) in [5.74, 6) is -0.174. The standard InChI is InChI=1S/C22H28FN3O5S2/c1-14-10-17(33(29,30)16-6-8-31-9-7-16)12-20(27)26(14)18(11-15-4-2-3-5-15)21(28)25-22-24-13-19(23)32-22/h10,12-13,15-16,18H,2-9,11H2,1H3,(H,24,25,28)/t18-/m0/s1. The molecule has 0 bridgehead atoms. The smallest absolute Gasteiger partial charge is 0.252 e. The Morgan fingerprint density at radius 3 is 2.58 bits per heavy atom. The van der Waals surface area contributed by atoms with Gasteiger partial charge in [0, 0.05) is 25.0 Å². The lowest BCUT2D eigenvalue weighted by Crippen LogP contribution is -2.36. The van der Waals surface area contributed by atoms with Crippen LogP contribution in [0.4, 0.5) is 9.52 Å². The minimum absolute atomic E-state index is 0.0184. The summed E-state index contributed by atoms with van der Waals surface area (Å²) in [6.45, 7) is 2.39. The summed E-state index contributed by atoms with van der Waals surface area (Å²) < 4.78 is 46.2. The van der Waals surface area contributed by atoms with Gasteiger partial charge in [-0.1, -0.05) is 37.0 Å². The van der Waals surface area contributed by atoms with Gasteiger partial charge in [-0.05, 0) is 38.2 Å². The molecule has 2 aliphatic rings. The van der Waals surface area contributed by atoms with Crippen LogP contribution in [-0.2, 0) is 19.4 Å². The van der Waals surface area contributed by atoms with Crippen molar-refractivity contribution in [2.24, 2.45) is 5.92 Å². The number of rotatable bonds is 7. The van der Waals surface area contributed by atoms with E-state index >= 15 is 0 Å². The minimum atomic E-state index is -3.68. The van der Waals surface area contributed by atoms with Crippen LogP contribution in [0.1, 0.15) is 56.7 Å². The van der Waals surface area contributed by atoms with Gasteiger partial charge in [0.05, 0.1) is 16.3 Å². The first kappa shape index (κ1) is 24.0. The van der Waals surface area contributed by atoms with E-state index in [4.69, 9.17) is 4.74 Å². The van der Waals surface area contributed by atoms with Gasteiger partial charge in [0.2, 0.25) is 5.91 Å². The predicted octanol–water partition coefficient (Wildman–Crippen LogP) is 3.47. The second-order valence-electron chi connectivity index (χ2n) is 8.76. The zero-order chi connectivity index (χ0) is 23.6. The number of carbonyl (C=O) groups excluding carboxylic acids is 1. The first-order valence-corrected chi connectivity index (χ1v) is 13.6. The van der Waals surface area contributed by atoms with Crippen molar-refractivity contribution in [3.8, 4) is 0 Å². The number of anilines is 1. The van der Waals surface area contributed by atoms with Gasteiger partial charge in [0.25, 0.3) is 5.56 Å². The summed E-state index contributed by atoms with van der Waals surface area (Å²) >= 11 is 0.715. The maximum atomic E-state index is 13.4. The summed E-state index contributed by atoms with van der Waals surface area (Å²) in [5, 5.41) is 1.64. The van der Waals surface area contributed by atoms with Crippen LogP contribution in [0, 0.1) is 18.0 Å². The van der Waals surface area contributed by atoms with E-state index < -0.39 is 37.7 Å². The number of ether oxygens (including phenoxy) is 1. The molecule has 0 spiro atoms. The molecule has 1 aliphatic carbocycles. The lowest BCUT2D eigenvalue weighted by molar-refractivity contribution is -0.119. The van der Waals surface area contributed by atoms with Gasteiger partial charge in [-0.2, -0.15) is 4.39 Å². The fourth-order valence-electron chi connectivity index (χ4n) is 4.82. The van der Waals surface area contributed by atoms with Gasteiger partial charge < -0.3 is 14.6 Å². The molecule has 0 aromatic carbocycles.